The van der Waals surface area contributed by atoms with E-state index in [2.05, 4.69) is 27.7 Å². The lowest BCUT2D eigenvalue weighted by molar-refractivity contribution is 0.366. The van der Waals surface area contributed by atoms with Crippen molar-refractivity contribution in [2.75, 3.05) is 0 Å². The molecule has 0 rings (SSSR count). The van der Waals surface area contributed by atoms with Gasteiger partial charge in [0.25, 0.3) is 0 Å². The minimum Gasteiger partial charge on any atom is -0.418 e. The van der Waals surface area contributed by atoms with Crippen molar-refractivity contribution in [2.45, 2.75) is 105 Å². The number of halogens is 8. The smallest absolute Gasteiger partial charge is 0.418 e. The Labute approximate surface area is 154 Å². The van der Waals surface area contributed by atoms with Gasteiger partial charge < -0.3 is 34.5 Å². The van der Waals surface area contributed by atoms with Gasteiger partial charge in [-0.15, -0.1) is 0 Å². The molecule has 0 saturated carbocycles. The van der Waals surface area contributed by atoms with Gasteiger partial charge >= 0.3 is 14.5 Å². The van der Waals surface area contributed by atoms with Crippen LogP contribution in [-0.2, 0) is 0 Å². The van der Waals surface area contributed by atoms with E-state index in [0.717, 1.165) is 0 Å². The van der Waals surface area contributed by atoms with Crippen LogP contribution in [0.3, 0.4) is 0 Å². The topological polar surface area (TPSA) is 0 Å². The molecule has 0 unspecified atom stereocenters. The summed E-state index contributed by atoms with van der Waals surface area (Å²) in [5.74, 6) is 0. The van der Waals surface area contributed by atoms with Gasteiger partial charge in [-0.2, -0.15) is 0 Å². The van der Waals surface area contributed by atoms with Gasteiger partial charge in [0.1, 0.15) is 0 Å². The highest BCUT2D eigenvalue weighted by molar-refractivity contribution is 6.50. The van der Waals surface area contributed by atoms with Gasteiger partial charge in [-0.1, -0.05) is 105 Å². The zero-order chi connectivity index (χ0) is 21.5. The number of unbranched alkanes of at least 4 members (excludes halogenated alkanes) is 10. The SMILES string of the molecule is CCCCCCCC.CCCCCCCC.F[B-](F)(F)F.F[B-](F)(F)F. The van der Waals surface area contributed by atoms with Gasteiger partial charge in [-0.3, -0.25) is 0 Å². The Balaban J connectivity index is -0.000000127. The molecule has 164 valence electrons. The average molecular weight is 402 g/mol. The fourth-order valence-corrected chi connectivity index (χ4v) is 1.71. The van der Waals surface area contributed by atoms with Crippen LogP contribution in [0.25, 0.3) is 0 Å². The molecule has 0 bridgehead atoms. The first-order chi connectivity index (χ1) is 11.8. The maximum absolute atomic E-state index is 9.75. The summed E-state index contributed by atoms with van der Waals surface area (Å²) in [5, 5.41) is 0. The molecule has 0 saturated heterocycles. The van der Waals surface area contributed by atoms with Crippen molar-refractivity contribution in [2.24, 2.45) is 0 Å². The third kappa shape index (κ3) is 131. The van der Waals surface area contributed by atoms with Crippen molar-refractivity contribution in [3.8, 4) is 0 Å². The predicted molar refractivity (Wildman–Crippen MR) is 98.5 cm³/mol. The second-order valence-corrected chi connectivity index (χ2v) is 5.82. The van der Waals surface area contributed by atoms with Crippen molar-refractivity contribution in [3.05, 3.63) is 0 Å². The van der Waals surface area contributed by atoms with E-state index in [1.54, 1.807) is 0 Å². The van der Waals surface area contributed by atoms with E-state index < -0.39 is 14.5 Å². The molecule has 0 aliphatic heterocycles. The molecule has 0 N–H and O–H groups in total. The van der Waals surface area contributed by atoms with E-state index in [1.807, 2.05) is 0 Å². The second-order valence-electron chi connectivity index (χ2n) is 5.82. The number of rotatable bonds is 10. The Morgan fingerprint density at radius 3 is 0.538 bits per heavy atom. The lowest BCUT2D eigenvalue weighted by Gasteiger charge is -1.94. The van der Waals surface area contributed by atoms with Crippen LogP contribution in [0.15, 0.2) is 0 Å². The first-order valence-corrected chi connectivity index (χ1v) is 9.57. The van der Waals surface area contributed by atoms with Crippen molar-refractivity contribution in [1.29, 1.82) is 0 Å². The van der Waals surface area contributed by atoms with E-state index in [9.17, 15) is 34.5 Å². The third-order valence-corrected chi connectivity index (χ3v) is 2.91. The van der Waals surface area contributed by atoms with Gasteiger partial charge in [0, 0.05) is 0 Å². The molecule has 0 nitrogen and oxygen atoms in total. The summed E-state index contributed by atoms with van der Waals surface area (Å²) in [5.41, 5.74) is 0. The van der Waals surface area contributed by atoms with Crippen molar-refractivity contribution < 1.29 is 34.5 Å². The molecular formula is C16H36B2F8-2. The summed E-state index contributed by atoms with van der Waals surface area (Å²) in [4.78, 5) is 0. The van der Waals surface area contributed by atoms with E-state index in [1.165, 1.54) is 77.0 Å². The maximum atomic E-state index is 9.75. The zero-order valence-corrected chi connectivity index (χ0v) is 16.7. The molecule has 0 aromatic carbocycles. The highest BCUT2D eigenvalue weighted by atomic mass is 19.5. The lowest BCUT2D eigenvalue weighted by Crippen LogP contribution is -2.02. The summed E-state index contributed by atoms with van der Waals surface area (Å²) in [6, 6.07) is 0. The molecule has 0 heterocycles. The molecule has 0 radical (unpaired) electrons. The van der Waals surface area contributed by atoms with Crippen LogP contribution in [0.4, 0.5) is 34.5 Å². The molecule has 26 heavy (non-hydrogen) atoms. The lowest BCUT2D eigenvalue weighted by atomic mass is 10.1. The largest absolute Gasteiger partial charge is 0.673 e. The van der Waals surface area contributed by atoms with Crippen LogP contribution < -0.4 is 0 Å². The summed E-state index contributed by atoms with van der Waals surface area (Å²) in [6.45, 7) is 9.02. The standard InChI is InChI=1S/2C8H18.2BF4/c2*1-3-5-7-8-6-4-2;2*2-1(3,4)5/h2*3-8H2,1-2H3;;/q;;2*-1. The average Bonchev–Trinajstić information content (AvgIpc) is 2.46. The van der Waals surface area contributed by atoms with Gasteiger partial charge in [0.2, 0.25) is 0 Å². The minimum absolute atomic E-state index is 1.36. The highest BCUT2D eigenvalue weighted by Crippen LogP contribution is 2.07. The molecule has 0 fully saturated rings. The first-order valence-electron chi connectivity index (χ1n) is 9.57. The van der Waals surface area contributed by atoms with Crippen molar-refractivity contribution in [3.63, 3.8) is 0 Å². The van der Waals surface area contributed by atoms with Crippen LogP contribution in [0, 0.1) is 0 Å². The Morgan fingerprint density at radius 2 is 0.462 bits per heavy atom. The summed E-state index contributed by atoms with van der Waals surface area (Å²) in [6.07, 6.45) is 17.0. The maximum Gasteiger partial charge on any atom is 0.673 e. The fourth-order valence-electron chi connectivity index (χ4n) is 1.71. The Hall–Kier alpha value is -0.430. The number of hydrogen-bond donors (Lipinski definition) is 0. The molecule has 0 aliphatic carbocycles. The van der Waals surface area contributed by atoms with Gasteiger partial charge in [-0.05, 0) is 0 Å². The van der Waals surface area contributed by atoms with Crippen LogP contribution in [-0.4, -0.2) is 14.5 Å². The quantitative estimate of drug-likeness (QED) is 0.194. The van der Waals surface area contributed by atoms with Crippen LogP contribution >= 0.6 is 0 Å². The Bertz CT molecular complexity index is 185. The normalized spacial score (nSPS) is 10.6. The van der Waals surface area contributed by atoms with E-state index >= 15 is 0 Å². The monoisotopic (exact) mass is 402 g/mol. The molecule has 10 heteroatoms. The second kappa shape index (κ2) is 24.6. The highest BCUT2D eigenvalue weighted by Gasteiger charge is 2.21. The van der Waals surface area contributed by atoms with Crippen molar-refractivity contribution in [1.82, 2.24) is 0 Å². The van der Waals surface area contributed by atoms with Crippen LogP contribution in [0.2, 0.25) is 0 Å². The predicted octanol–water partition coefficient (Wildman–Crippen LogP) is 9.33. The first kappa shape index (κ1) is 33.2. The van der Waals surface area contributed by atoms with E-state index in [0.29, 0.717) is 0 Å². The molecular weight excluding hydrogens is 366 g/mol. The van der Waals surface area contributed by atoms with Crippen LogP contribution in [0.5, 0.6) is 0 Å². The van der Waals surface area contributed by atoms with E-state index in [4.69, 9.17) is 0 Å². The fraction of sp³-hybridized carbons (Fsp3) is 1.00. The number of hydrogen-bond acceptors (Lipinski definition) is 0. The summed E-state index contributed by atoms with van der Waals surface area (Å²) in [7, 11) is -12.0. The van der Waals surface area contributed by atoms with Crippen molar-refractivity contribution >= 4 is 14.5 Å². The zero-order valence-electron chi connectivity index (χ0n) is 16.7. The van der Waals surface area contributed by atoms with Gasteiger partial charge in [0.15, 0.2) is 0 Å². The van der Waals surface area contributed by atoms with E-state index in [-0.39, 0.29) is 0 Å². The molecule has 0 spiro atoms. The third-order valence-electron chi connectivity index (χ3n) is 2.91. The van der Waals surface area contributed by atoms with Crippen LogP contribution in [0.1, 0.15) is 105 Å². The minimum atomic E-state index is -6.00. The molecule has 0 aliphatic rings. The van der Waals surface area contributed by atoms with Gasteiger partial charge in [-0.25, -0.2) is 0 Å². The Kier molecular flexibility index (Phi) is 31.4. The molecule has 0 aromatic rings. The molecule has 0 aromatic heterocycles. The van der Waals surface area contributed by atoms with Gasteiger partial charge in [0.05, 0.1) is 0 Å². The summed E-state index contributed by atoms with van der Waals surface area (Å²) >= 11 is 0. The molecule has 0 atom stereocenters. The summed E-state index contributed by atoms with van der Waals surface area (Å²) < 4.78 is 78.0. The Morgan fingerprint density at radius 1 is 0.346 bits per heavy atom. The molecule has 0 amide bonds.